The Morgan fingerprint density at radius 1 is 1.33 bits per heavy atom. The van der Waals surface area contributed by atoms with Crippen LogP contribution in [0.3, 0.4) is 0 Å². The Morgan fingerprint density at radius 2 is 2.07 bits per heavy atom. The van der Waals surface area contributed by atoms with E-state index in [1.165, 1.54) is 0 Å². The van der Waals surface area contributed by atoms with E-state index in [4.69, 9.17) is 0 Å². The van der Waals surface area contributed by atoms with Gasteiger partial charge in [0.05, 0.1) is 0 Å². The van der Waals surface area contributed by atoms with Gasteiger partial charge in [-0.3, -0.25) is 4.79 Å². The Bertz CT molecular complexity index is 344. The first-order chi connectivity index (χ1) is 7.15. The smallest absolute Gasteiger partial charge is 0.163 e. The van der Waals surface area contributed by atoms with Crippen molar-refractivity contribution in [2.75, 3.05) is 13.6 Å². The highest BCUT2D eigenvalue weighted by molar-refractivity contribution is 5.97. The molecule has 1 rings (SSSR count). The average molecular weight is 205 g/mol. The molecule has 2 heteroatoms. The van der Waals surface area contributed by atoms with Crippen molar-refractivity contribution in [3.63, 3.8) is 0 Å². The van der Waals surface area contributed by atoms with E-state index in [2.05, 4.69) is 5.32 Å². The third kappa shape index (κ3) is 3.48. The molecule has 0 aliphatic heterocycles. The average Bonchev–Trinajstić information content (AvgIpc) is 2.22. The van der Waals surface area contributed by atoms with Crippen LogP contribution in [0.4, 0.5) is 0 Å². The van der Waals surface area contributed by atoms with Gasteiger partial charge in [-0.1, -0.05) is 17.7 Å². The van der Waals surface area contributed by atoms with Crippen molar-refractivity contribution >= 4 is 5.78 Å². The zero-order valence-electron chi connectivity index (χ0n) is 9.76. The highest BCUT2D eigenvalue weighted by Gasteiger charge is 2.08. The number of carbonyl (C=O) groups excluding carboxylic acids is 1. The maximum Gasteiger partial charge on any atom is 0.163 e. The zero-order chi connectivity index (χ0) is 11.3. The van der Waals surface area contributed by atoms with Crippen molar-refractivity contribution in [1.29, 1.82) is 0 Å². The van der Waals surface area contributed by atoms with Gasteiger partial charge >= 0.3 is 0 Å². The van der Waals surface area contributed by atoms with Gasteiger partial charge in [-0.15, -0.1) is 0 Å². The topological polar surface area (TPSA) is 29.1 Å². The summed E-state index contributed by atoms with van der Waals surface area (Å²) in [6.07, 6.45) is 1.54. The SMILES string of the molecule is CNCCCC(=O)c1cc(C)ccc1C. The van der Waals surface area contributed by atoms with Crippen LogP contribution in [0, 0.1) is 13.8 Å². The molecule has 1 aromatic rings. The molecule has 0 fully saturated rings. The van der Waals surface area contributed by atoms with Crippen molar-refractivity contribution in [3.05, 3.63) is 34.9 Å². The Kier molecular flexibility index (Phi) is 4.50. The first-order valence-corrected chi connectivity index (χ1v) is 5.40. The minimum Gasteiger partial charge on any atom is -0.320 e. The number of ketones is 1. The van der Waals surface area contributed by atoms with Gasteiger partial charge < -0.3 is 5.32 Å². The molecule has 0 bridgehead atoms. The molecule has 0 saturated heterocycles. The summed E-state index contributed by atoms with van der Waals surface area (Å²) in [7, 11) is 1.91. The van der Waals surface area contributed by atoms with Crippen LogP contribution >= 0.6 is 0 Å². The van der Waals surface area contributed by atoms with E-state index in [-0.39, 0.29) is 5.78 Å². The van der Waals surface area contributed by atoms with Crippen LogP contribution in [0.1, 0.15) is 34.3 Å². The quantitative estimate of drug-likeness (QED) is 0.591. The molecule has 0 aromatic heterocycles. The zero-order valence-corrected chi connectivity index (χ0v) is 9.76. The molecular formula is C13H19NO. The fourth-order valence-electron chi connectivity index (χ4n) is 1.60. The fourth-order valence-corrected chi connectivity index (χ4v) is 1.60. The van der Waals surface area contributed by atoms with Crippen molar-refractivity contribution in [3.8, 4) is 0 Å². The molecule has 0 aliphatic rings. The molecule has 0 radical (unpaired) electrons. The first kappa shape index (κ1) is 11.9. The maximum absolute atomic E-state index is 11.9. The molecule has 0 heterocycles. The number of rotatable bonds is 5. The molecule has 0 unspecified atom stereocenters. The number of hydrogen-bond acceptors (Lipinski definition) is 2. The lowest BCUT2D eigenvalue weighted by atomic mass is 9.99. The van der Waals surface area contributed by atoms with Gasteiger partial charge in [-0.05, 0) is 45.5 Å². The van der Waals surface area contributed by atoms with Crippen molar-refractivity contribution in [1.82, 2.24) is 5.32 Å². The Hall–Kier alpha value is -1.15. The second-order valence-corrected chi connectivity index (χ2v) is 3.95. The summed E-state index contributed by atoms with van der Waals surface area (Å²) in [5.74, 6) is 0.256. The lowest BCUT2D eigenvalue weighted by Crippen LogP contribution is -2.10. The predicted octanol–water partition coefficient (Wildman–Crippen LogP) is 2.49. The summed E-state index contributed by atoms with van der Waals surface area (Å²) >= 11 is 0. The molecule has 1 aromatic carbocycles. The van der Waals surface area contributed by atoms with E-state index < -0.39 is 0 Å². The van der Waals surface area contributed by atoms with Crippen LogP contribution in [0.2, 0.25) is 0 Å². The van der Waals surface area contributed by atoms with Crippen LogP contribution in [0.5, 0.6) is 0 Å². The van der Waals surface area contributed by atoms with Gasteiger partial charge in [0.25, 0.3) is 0 Å². The summed E-state index contributed by atoms with van der Waals surface area (Å²) in [4.78, 5) is 11.9. The molecule has 0 amide bonds. The molecule has 0 spiro atoms. The lowest BCUT2D eigenvalue weighted by molar-refractivity contribution is 0.0979. The second-order valence-electron chi connectivity index (χ2n) is 3.95. The normalized spacial score (nSPS) is 10.3. The minimum atomic E-state index is 0.256. The molecule has 1 N–H and O–H groups in total. The molecule has 0 atom stereocenters. The summed E-state index contributed by atoms with van der Waals surface area (Å²) in [5, 5.41) is 3.05. The highest BCUT2D eigenvalue weighted by Crippen LogP contribution is 2.13. The largest absolute Gasteiger partial charge is 0.320 e. The Labute approximate surface area is 91.7 Å². The molecule has 82 valence electrons. The summed E-state index contributed by atoms with van der Waals surface area (Å²) in [6.45, 7) is 4.91. The van der Waals surface area contributed by atoms with Gasteiger partial charge in [0, 0.05) is 12.0 Å². The van der Waals surface area contributed by atoms with E-state index in [9.17, 15) is 4.79 Å². The van der Waals surface area contributed by atoms with Gasteiger partial charge in [-0.2, -0.15) is 0 Å². The van der Waals surface area contributed by atoms with Crippen LogP contribution in [-0.2, 0) is 0 Å². The van der Waals surface area contributed by atoms with Crippen LogP contribution in [-0.4, -0.2) is 19.4 Å². The lowest BCUT2D eigenvalue weighted by Gasteiger charge is -2.06. The molecular weight excluding hydrogens is 186 g/mol. The fraction of sp³-hybridized carbons (Fsp3) is 0.462. The van der Waals surface area contributed by atoms with Crippen LogP contribution < -0.4 is 5.32 Å². The Morgan fingerprint density at radius 3 is 2.73 bits per heavy atom. The van der Waals surface area contributed by atoms with E-state index in [0.717, 1.165) is 29.7 Å². The monoisotopic (exact) mass is 205 g/mol. The number of benzene rings is 1. The number of hydrogen-bond donors (Lipinski definition) is 1. The van der Waals surface area contributed by atoms with Gasteiger partial charge in [-0.25, -0.2) is 0 Å². The first-order valence-electron chi connectivity index (χ1n) is 5.40. The van der Waals surface area contributed by atoms with E-state index in [1.807, 2.05) is 39.1 Å². The van der Waals surface area contributed by atoms with E-state index >= 15 is 0 Å². The Balaban J connectivity index is 2.68. The second kappa shape index (κ2) is 5.66. The number of nitrogens with one attached hydrogen (secondary N) is 1. The van der Waals surface area contributed by atoms with Gasteiger partial charge in [0.15, 0.2) is 5.78 Å². The van der Waals surface area contributed by atoms with Gasteiger partial charge in [0.2, 0.25) is 0 Å². The third-order valence-corrected chi connectivity index (χ3v) is 2.52. The molecule has 15 heavy (non-hydrogen) atoms. The van der Waals surface area contributed by atoms with Crippen molar-refractivity contribution in [2.24, 2.45) is 0 Å². The minimum absolute atomic E-state index is 0.256. The number of aryl methyl sites for hydroxylation is 2. The number of Topliss-reactive ketones (excluding diaryl/α,β-unsaturated/α-hetero) is 1. The summed E-state index contributed by atoms with van der Waals surface area (Å²) in [5.41, 5.74) is 3.11. The molecule has 0 aliphatic carbocycles. The molecule has 2 nitrogen and oxygen atoms in total. The van der Waals surface area contributed by atoms with Gasteiger partial charge in [0.1, 0.15) is 0 Å². The van der Waals surface area contributed by atoms with Crippen molar-refractivity contribution < 1.29 is 4.79 Å². The standard InChI is InChI=1S/C13H19NO/c1-10-6-7-11(2)12(9-10)13(15)5-4-8-14-3/h6-7,9,14H,4-5,8H2,1-3H3. The highest BCUT2D eigenvalue weighted by atomic mass is 16.1. The maximum atomic E-state index is 11.9. The van der Waals surface area contributed by atoms with Crippen LogP contribution in [0.25, 0.3) is 0 Å². The van der Waals surface area contributed by atoms with Crippen LogP contribution in [0.15, 0.2) is 18.2 Å². The third-order valence-electron chi connectivity index (χ3n) is 2.52. The molecule has 0 saturated carbocycles. The predicted molar refractivity (Wildman–Crippen MR) is 63.4 cm³/mol. The van der Waals surface area contributed by atoms with Crippen molar-refractivity contribution in [2.45, 2.75) is 26.7 Å². The van der Waals surface area contributed by atoms with E-state index in [1.54, 1.807) is 0 Å². The van der Waals surface area contributed by atoms with E-state index in [0.29, 0.717) is 6.42 Å². The summed E-state index contributed by atoms with van der Waals surface area (Å²) < 4.78 is 0. The summed E-state index contributed by atoms with van der Waals surface area (Å²) in [6, 6.07) is 6.04. The number of carbonyl (C=O) groups is 1.